The zero-order valence-electron chi connectivity index (χ0n) is 8.48. The fraction of sp³-hybridized carbons (Fsp3) is 0.182. The van der Waals surface area contributed by atoms with Gasteiger partial charge in [0.25, 0.3) is 5.78 Å². The lowest BCUT2D eigenvalue weighted by Gasteiger charge is -2.05. The van der Waals surface area contributed by atoms with Crippen molar-refractivity contribution in [2.45, 2.75) is 4.83 Å². The number of hydrogen-bond donors (Lipinski definition) is 0. The number of alkyl halides is 1. The highest BCUT2D eigenvalue weighted by Crippen LogP contribution is 2.11. The fourth-order valence-corrected chi connectivity index (χ4v) is 1.52. The number of carbonyl (C=O) groups is 3. The minimum absolute atomic E-state index is 0.363. The molecule has 0 fully saturated rings. The van der Waals surface area contributed by atoms with Crippen LogP contribution in [0.4, 0.5) is 0 Å². The average molecular weight is 285 g/mol. The Balaban J connectivity index is 2.83. The molecule has 4 nitrogen and oxygen atoms in total. The maximum absolute atomic E-state index is 11.7. The van der Waals surface area contributed by atoms with Crippen LogP contribution in [-0.4, -0.2) is 29.5 Å². The van der Waals surface area contributed by atoms with Crippen molar-refractivity contribution in [2.24, 2.45) is 0 Å². The van der Waals surface area contributed by atoms with Crippen molar-refractivity contribution in [3.05, 3.63) is 35.9 Å². The highest BCUT2D eigenvalue weighted by Gasteiger charge is 2.30. The molecule has 0 amide bonds. The van der Waals surface area contributed by atoms with E-state index in [-0.39, 0.29) is 0 Å². The molecule has 1 aromatic rings. The standard InChI is InChI=1S/C11H9BrO4/c1-16-11(15)10(14)8(12)9(13)7-5-3-2-4-6-7/h2-6,8H,1H3. The summed E-state index contributed by atoms with van der Waals surface area (Å²) in [5, 5.41) is 0. The molecule has 0 saturated heterocycles. The zero-order chi connectivity index (χ0) is 12.1. The van der Waals surface area contributed by atoms with Gasteiger partial charge < -0.3 is 4.74 Å². The van der Waals surface area contributed by atoms with Gasteiger partial charge in [0.15, 0.2) is 5.78 Å². The van der Waals surface area contributed by atoms with E-state index in [9.17, 15) is 14.4 Å². The molecule has 1 aromatic carbocycles. The first kappa shape index (κ1) is 12.6. The van der Waals surface area contributed by atoms with Crippen LogP contribution in [0.1, 0.15) is 10.4 Å². The van der Waals surface area contributed by atoms with Crippen LogP contribution in [0.2, 0.25) is 0 Å². The van der Waals surface area contributed by atoms with Gasteiger partial charge in [-0.15, -0.1) is 0 Å². The third-order valence-corrected chi connectivity index (χ3v) is 2.74. The number of benzene rings is 1. The van der Waals surface area contributed by atoms with Gasteiger partial charge in [-0.3, -0.25) is 9.59 Å². The number of esters is 1. The van der Waals surface area contributed by atoms with Gasteiger partial charge in [0.2, 0.25) is 0 Å². The molecule has 0 aromatic heterocycles. The van der Waals surface area contributed by atoms with Gasteiger partial charge in [0, 0.05) is 5.56 Å². The van der Waals surface area contributed by atoms with Crippen LogP contribution in [0.3, 0.4) is 0 Å². The zero-order valence-corrected chi connectivity index (χ0v) is 10.1. The van der Waals surface area contributed by atoms with E-state index < -0.39 is 22.4 Å². The average Bonchev–Trinajstić information content (AvgIpc) is 2.36. The van der Waals surface area contributed by atoms with E-state index in [1.807, 2.05) is 0 Å². The van der Waals surface area contributed by atoms with Gasteiger partial charge in [-0.2, -0.15) is 0 Å². The minimum atomic E-state index is -1.19. The van der Waals surface area contributed by atoms with Gasteiger partial charge in [-0.05, 0) is 0 Å². The van der Waals surface area contributed by atoms with Gasteiger partial charge in [-0.25, -0.2) is 4.79 Å². The van der Waals surface area contributed by atoms with Crippen molar-refractivity contribution in [1.82, 2.24) is 0 Å². The molecule has 0 N–H and O–H groups in total. The van der Waals surface area contributed by atoms with Gasteiger partial charge in [-0.1, -0.05) is 46.3 Å². The Morgan fingerprint density at radius 1 is 1.19 bits per heavy atom. The summed E-state index contributed by atoms with van der Waals surface area (Å²) >= 11 is 2.89. The molecule has 0 saturated carbocycles. The monoisotopic (exact) mass is 284 g/mol. The highest BCUT2D eigenvalue weighted by atomic mass is 79.9. The third-order valence-electron chi connectivity index (χ3n) is 1.91. The molecule has 84 valence electrons. The molecule has 1 atom stereocenters. The van der Waals surface area contributed by atoms with Crippen LogP contribution in [0.15, 0.2) is 30.3 Å². The summed E-state index contributed by atoms with van der Waals surface area (Å²) in [5.41, 5.74) is 0.363. The topological polar surface area (TPSA) is 60.4 Å². The Labute approximate surface area is 101 Å². The quantitative estimate of drug-likeness (QED) is 0.276. The predicted molar refractivity (Wildman–Crippen MR) is 60.5 cm³/mol. The van der Waals surface area contributed by atoms with E-state index in [0.29, 0.717) is 5.56 Å². The number of hydrogen-bond acceptors (Lipinski definition) is 4. The van der Waals surface area contributed by atoms with Crippen LogP contribution in [0.5, 0.6) is 0 Å². The maximum atomic E-state index is 11.7. The van der Waals surface area contributed by atoms with E-state index in [0.717, 1.165) is 7.11 Å². The van der Waals surface area contributed by atoms with Crippen LogP contribution in [0.25, 0.3) is 0 Å². The maximum Gasteiger partial charge on any atom is 0.376 e. The molecular formula is C11H9BrO4. The molecule has 5 heteroatoms. The molecule has 0 heterocycles. The van der Waals surface area contributed by atoms with Crippen molar-refractivity contribution in [1.29, 1.82) is 0 Å². The van der Waals surface area contributed by atoms with E-state index in [2.05, 4.69) is 20.7 Å². The fourth-order valence-electron chi connectivity index (χ4n) is 1.07. The number of carbonyl (C=O) groups excluding carboxylic acids is 3. The molecule has 0 aliphatic rings. The predicted octanol–water partition coefficient (Wildman–Crippen LogP) is 1.37. The molecule has 1 unspecified atom stereocenters. The Kier molecular flexibility index (Phi) is 4.37. The normalized spacial score (nSPS) is 11.6. The number of ether oxygens (including phenoxy) is 1. The lowest BCUT2D eigenvalue weighted by molar-refractivity contribution is -0.150. The second-order valence-corrected chi connectivity index (χ2v) is 3.86. The molecule has 1 rings (SSSR count). The number of ketones is 2. The molecule has 0 bridgehead atoms. The van der Waals surface area contributed by atoms with Crippen molar-refractivity contribution >= 4 is 33.5 Å². The number of Topliss-reactive ketones (excluding diaryl/α,β-unsaturated/α-hetero) is 2. The second-order valence-electron chi connectivity index (χ2n) is 2.95. The molecule has 0 aliphatic heterocycles. The van der Waals surface area contributed by atoms with Gasteiger partial charge in [0.1, 0.15) is 4.83 Å². The SMILES string of the molecule is COC(=O)C(=O)C(Br)C(=O)c1ccccc1. The Morgan fingerprint density at radius 2 is 1.75 bits per heavy atom. The first-order chi connectivity index (χ1) is 7.57. The summed E-state index contributed by atoms with van der Waals surface area (Å²) in [6, 6.07) is 8.25. The third kappa shape index (κ3) is 2.76. The first-order valence-corrected chi connectivity index (χ1v) is 5.35. The summed E-state index contributed by atoms with van der Waals surface area (Å²) in [5.74, 6) is -2.40. The second kappa shape index (κ2) is 5.55. The summed E-state index contributed by atoms with van der Waals surface area (Å²) < 4.78 is 4.25. The highest BCUT2D eigenvalue weighted by molar-refractivity contribution is 9.10. The van der Waals surface area contributed by atoms with Crippen LogP contribution >= 0.6 is 15.9 Å². The number of methoxy groups -OCH3 is 1. The van der Waals surface area contributed by atoms with Crippen molar-refractivity contribution < 1.29 is 19.1 Å². The van der Waals surface area contributed by atoms with Gasteiger partial charge in [0.05, 0.1) is 7.11 Å². The Morgan fingerprint density at radius 3 is 2.25 bits per heavy atom. The summed E-state index contributed by atoms with van der Waals surface area (Å²) in [6.45, 7) is 0. The number of rotatable bonds is 4. The lowest BCUT2D eigenvalue weighted by atomic mass is 10.1. The molecule has 16 heavy (non-hydrogen) atoms. The largest absolute Gasteiger partial charge is 0.463 e. The van der Waals surface area contributed by atoms with Gasteiger partial charge >= 0.3 is 5.97 Å². The van der Waals surface area contributed by atoms with Crippen LogP contribution in [0, 0.1) is 0 Å². The van der Waals surface area contributed by atoms with Crippen molar-refractivity contribution in [3.63, 3.8) is 0 Å². The summed E-state index contributed by atoms with van der Waals surface area (Å²) in [7, 11) is 1.09. The lowest BCUT2D eigenvalue weighted by Crippen LogP contribution is -2.31. The molecule has 0 spiro atoms. The van der Waals surface area contributed by atoms with E-state index in [1.165, 1.54) is 0 Å². The Bertz CT molecular complexity index is 413. The minimum Gasteiger partial charge on any atom is -0.463 e. The summed E-state index contributed by atoms with van der Waals surface area (Å²) in [4.78, 5) is 32.8. The molecule has 0 aliphatic carbocycles. The van der Waals surface area contributed by atoms with Crippen molar-refractivity contribution in [2.75, 3.05) is 7.11 Å². The molecule has 0 radical (unpaired) electrons. The Hall–Kier alpha value is -1.49. The van der Waals surface area contributed by atoms with E-state index in [4.69, 9.17) is 0 Å². The van der Waals surface area contributed by atoms with Crippen LogP contribution in [-0.2, 0) is 14.3 Å². The van der Waals surface area contributed by atoms with Crippen LogP contribution < -0.4 is 0 Å². The number of halogens is 1. The first-order valence-electron chi connectivity index (χ1n) is 4.43. The van der Waals surface area contributed by atoms with E-state index in [1.54, 1.807) is 30.3 Å². The van der Waals surface area contributed by atoms with E-state index >= 15 is 0 Å². The smallest absolute Gasteiger partial charge is 0.376 e. The van der Waals surface area contributed by atoms with Crippen molar-refractivity contribution in [3.8, 4) is 0 Å². The molecular weight excluding hydrogens is 276 g/mol. The summed E-state index contributed by atoms with van der Waals surface area (Å²) in [6.07, 6.45) is 0.